The predicted molar refractivity (Wildman–Crippen MR) is 65.9 cm³/mol. The summed E-state index contributed by atoms with van der Waals surface area (Å²) in [6.07, 6.45) is 2.27. The number of rotatable bonds is 1. The van der Waals surface area contributed by atoms with E-state index < -0.39 is 0 Å². The first kappa shape index (κ1) is 9.31. The van der Waals surface area contributed by atoms with E-state index in [1.165, 1.54) is 23.0 Å². The summed E-state index contributed by atoms with van der Waals surface area (Å²) in [5.41, 5.74) is 0. The summed E-state index contributed by atoms with van der Waals surface area (Å²) in [5, 5.41) is 0. The third-order valence-electron chi connectivity index (χ3n) is 1.67. The maximum atomic E-state index is 2.27. The highest BCUT2D eigenvalue weighted by atomic mass is 33.1. The van der Waals surface area contributed by atoms with Crippen LogP contribution in [-0.4, -0.2) is 32.0 Å². The average molecular weight is 243 g/mol. The fourth-order valence-corrected chi connectivity index (χ4v) is 14.6. The third-order valence-corrected chi connectivity index (χ3v) is 14.4. The van der Waals surface area contributed by atoms with Gasteiger partial charge in [0.2, 0.25) is 0 Å². The number of thioether (sulfide) groups is 3. The molecule has 11 heavy (non-hydrogen) atoms. The van der Waals surface area contributed by atoms with Crippen LogP contribution in [0.25, 0.3) is 0 Å². The van der Waals surface area contributed by atoms with Crippen molar-refractivity contribution in [2.75, 3.05) is 29.3 Å². The lowest BCUT2D eigenvalue weighted by Crippen LogP contribution is -2.17. The lowest BCUT2D eigenvalue weighted by atomic mass is 11.0. The predicted octanol–water partition coefficient (Wildman–Crippen LogP) is 2.72. The Morgan fingerprint density at radius 3 is 2.45 bits per heavy atom. The van der Waals surface area contributed by atoms with Crippen LogP contribution in [0.15, 0.2) is 0 Å². The zero-order valence-corrected chi connectivity index (χ0v) is 10.5. The molecule has 0 bridgehead atoms. The lowest BCUT2D eigenvalue weighted by molar-refractivity contribution is 1.58. The molecule has 1 unspecified atom stereocenters. The summed E-state index contributed by atoms with van der Waals surface area (Å²) in [6.45, 7) is 0. The second-order valence-electron chi connectivity index (χ2n) is 2.26. The van der Waals surface area contributed by atoms with Crippen LogP contribution in [0.4, 0.5) is 0 Å². The molecule has 2 saturated heterocycles. The molecule has 0 aromatic heterocycles. The average Bonchev–Trinajstić information content (AvgIpc) is 2.62. The van der Waals surface area contributed by atoms with E-state index in [0.717, 1.165) is 0 Å². The van der Waals surface area contributed by atoms with Gasteiger partial charge in [0.05, 0.1) is 20.7 Å². The van der Waals surface area contributed by atoms with Crippen molar-refractivity contribution in [3.8, 4) is 0 Å². The molecule has 0 aliphatic carbocycles. The monoisotopic (exact) mass is 243 g/mol. The highest BCUT2D eigenvalue weighted by molar-refractivity contribution is 8.82. The summed E-state index contributed by atoms with van der Waals surface area (Å²) in [4.78, 5) is 0. The van der Waals surface area contributed by atoms with Crippen LogP contribution >= 0.6 is 46.1 Å². The van der Waals surface area contributed by atoms with Gasteiger partial charge in [-0.15, -0.1) is 0 Å². The molecule has 2 aliphatic rings. The van der Waals surface area contributed by atoms with Gasteiger partial charge in [-0.1, -0.05) is 35.3 Å². The molecule has 2 fully saturated rings. The minimum Gasteiger partial charge on any atom is -0.0774 e. The highest BCUT2D eigenvalue weighted by Crippen LogP contribution is 2.62. The molecule has 64 valence electrons. The normalized spacial score (nSPS) is 35.2. The highest BCUT2D eigenvalue weighted by Gasteiger charge is 2.56. The van der Waals surface area contributed by atoms with Crippen molar-refractivity contribution in [2.24, 2.45) is 0 Å². The van der Waals surface area contributed by atoms with Crippen molar-refractivity contribution < 1.29 is 0 Å². The zero-order chi connectivity index (χ0) is 7.73. The topological polar surface area (TPSA) is 0 Å². The quantitative estimate of drug-likeness (QED) is 0.513. The van der Waals surface area contributed by atoms with E-state index in [0.29, 0.717) is 12.7 Å². The van der Waals surface area contributed by atoms with Gasteiger partial charge in [-0.2, -0.15) is 0 Å². The molecule has 2 heterocycles. The Kier molecular flexibility index (Phi) is 3.27. The standard InChI is InChI=1S/C6H11S5/c1-7-11-5-4-10-6(11)8-2-3-9-6/h2-5H2,1H3/q+1. The van der Waals surface area contributed by atoms with Crippen LogP contribution in [0, 0.1) is 0 Å². The Hall–Kier alpha value is 1.75. The Morgan fingerprint density at radius 2 is 1.82 bits per heavy atom. The maximum absolute atomic E-state index is 2.27. The number of hydrogen-bond donors (Lipinski definition) is 0. The molecule has 0 nitrogen and oxygen atoms in total. The minimum atomic E-state index is 0.597. The second-order valence-corrected chi connectivity index (χ2v) is 12.0. The Bertz CT molecular complexity index is 136. The van der Waals surface area contributed by atoms with Gasteiger partial charge in [0.1, 0.15) is 5.75 Å². The maximum Gasteiger partial charge on any atom is 0.277 e. The molecule has 0 aromatic carbocycles. The molecule has 5 heteroatoms. The van der Waals surface area contributed by atoms with Crippen LogP contribution in [0.3, 0.4) is 0 Å². The molecular weight excluding hydrogens is 232 g/mol. The van der Waals surface area contributed by atoms with E-state index >= 15 is 0 Å². The van der Waals surface area contributed by atoms with Crippen LogP contribution < -0.4 is 0 Å². The summed E-state index contributed by atoms with van der Waals surface area (Å²) < 4.78 is 0.597. The molecule has 0 saturated carbocycles. The van der Waals surface area contributed by atoms with Crippen molar-refractivity contribution >= 4 is 56.0 Å². The molecule has 1 spiro atoms. The van der Waals surface area contributed by atoms with Crippen molar-refractivity contribution in [1.29, 1.82) is 0 Å². The van der Waals surface area contributed by atoms with E-state index in [1.807, 2.05) is 0 Å². The first-order valence-electron chi connectivity index (χ1n) is 3.55. The first-order chi connectivity index (χ1) is 5.37. The third kappa shape index (κ3) is 1.68. The van der Waals surface area contributed by atoms with E-state index in [1.54, 1.807) is 0 Å². The van der Waals surface area contributed by atoms with E-state index in [2.05, 4.69) is 52.3 Å². The summed E-state index contributed by atoms with van der Waals surface area (Å²) in [7, 11) is 2.73. The molecular formula is C6H11S5+. The van der Waals surface area contributed by atoms with Gasteiger partial charge in [0.15, 0.2) is 0 Å². The van der Waals surface area contributed by atoms with Gasteiger partial charge in [0, 0.05) is 23.5 Å². The van der Waals surface area contributed by atoms with Crippen LogP contribution in [0.1, 0.15) is 0 Å². The summed E-state index contributed by atoms with van der Waals surface area (Å²) in [5.74, 6) is 5.60. The van der Waals surface area contributed by atoms with E-state index in [9.17, 15) is 0 Å². The van der Waals surface area contributed by atoms with Crippen LogP contribution in [-0.2, 0) is 9.93 Å². The largest absolute Gasteiger partial charge is 0.277 e. The molecule has 2 aliphatic heterocycles. The van der Waals surface area contributed by atoms with Crippen LogP contribution in [0.2, 0.25) is 0 Å². The molecule has 1 atom stereocenters. The van der Waals surface area contributed by atoms with E-state index in [4.69, 9.17) is 0 Å². The second kappa shape index (κ2) is 3.86. The van der Waals surface area contributed by atoms with Gasteiger partial charge >= 0.3 is 0 Å². The van der Waals surface area contributed by atoms with Crippen molar-refractivity contribution in [1.82, 2.24) is 0 Å². The molecule has 0 N–H and O–H groups in total. The Balaban J connectivity index is 2.09. The lowest BCUT2D eigenvalue weighted by Gasteiger charge is -2.15. The van der Waals surface area contributed by atoms with Crippen LogP contribution in [0.5, 0.6) is 0 Å². The SMILES string of the molecule is CS[S+]1CCSC12SCCS2. The van der Waals surface area contributed by atoms with Gasteiger partial charge < -0.3 is 0 Å². The van der Waals surface area contributed by atoms with Gasteiger partial charge in [-0.25, -0.2) is 0 Å². The Labute approximate surface area is 87.5 Å². The summed E-state index contributed by atoms with van der Waals surface area (Å²) in [6, 6.07) is 0. The number of hydrogen-bond acceptors (Lipinski definition) is 4. The van der Waals surface area contributed by atoms with Gasteiger partial charge in [-0.05, 0) is 0 Å². The molecule has 0 aromatic rings. The van der Waals surface area contributed by atoms with Crippen molar-refractivity contribution in [3.05, 3.63) is 0 Å². The zero-order valence-electron chi connectivity index (χ0n) is 6.37. The fraction of sp³-hybridized carbons (Fsp3) is 1.00. The van der Waals surface area contributed by atoms with E-state index in [-0.39, 0.29) is 0 Å². The van der Waals surface area contributed by atoms with Gasteiger partial charge in [-0.3, -0.25) is 0 Å². The smallest absolute Gasteiger partial charge is 0.0774 e. The molecule has 0 amide bonds. The van der Waals surface area contributed by atoms with Crippen molar-refractivity contribution in [3.63, 3.8) is 0 Å². The minimum absolute atomic E-state index is 0.597. The first-order valence-corrected chi connectivity index (χ1v) is 9.64. The van der Waals surface area contributed by atoms with Crippen molar-refractivity contribution in [2.45, 2.75) is 2.74 Å². The summed E-state index contributed by atoms with van der Waals surface area (Å²) >= 11 is 6.61. The molecule has 0 radical (unpaired) electrons. The fourth-order valence-electron chi connectivity index (χ4n) is 1.21. The Morgan fingerprint density at radius 1 is 1.18 bits per heavy atom. The molecule has 2 rings (SSSR count). The van der Waals surface area contributed by atoms with Gasteiger partial charge in [0.25, 0.3) is 2.74 Å².